The minimum Gasteiger partial charge on any atom is -0.304 e. The molecule has 18 heavy (non-hydrogen) atoms. The lowest BCUT2D eigenvalue weighted by Gasteiger charge is -2.36. The Kier molecular flexibility index (Phi) is 4.06. The quantitative estimate of drug-likeness (QED) is 0.899. The molecule has 1 aliphatic carbocycles. The van der Waals surface area contributed by atoms with Crippen molar-refractivity contribution in [1.29, 1.82) is 0 Å². The van der Waals surface area contributed by atoms with Crippen LogP contribution in [0.3, 0.4) is 0 Å². The van der Waals surface area contributed by atoms with Gasteiger partial charge in [-0.3, -0.25) is 0 Å². The molecule has 2 heterocycles. The fraction of sp³-hybridized carbons (Fsp3) is 0.692. The van der Waals surface area contributed by atoms with E-state index in [-0.39, 0.29) is 0 Å². The lowest BCUT2D eigenvalue weighted by Crippen LogP contribution is -2.51. The van der Waals surface area contributed by atoms with Crippen LogP contribution >= 0.6 is 27.3 Å². The molecule has 0 saturated carbocycles. The molecule has 3 rings (SSSR count). The molecule has 3 nitrogen and oxygen atoms in total. The van der Waals surface area contributed by atoms with Crippen LogP contribution < -0.4 is 5.43 Å². The Labute approximate surface area is 121 Å². The van der Waals surface area contributed by atoms with Crippen molar-refractivity contribution in [3.8, 4) is 0 Å². The summed E-state index contributed by atoms with van der Waals surface area (Å²) in [5, 5.41) is 2.41. The second-order valence-electron chi connectivity index (χ2n) is 5.29. The van der Waals surface area contributed by atoms with Crippen LogP contribution in [0, 0.1) is 0 Å². The van der Waals surface area contributed by atoms with Gasteiger partial charge in [0, 0.05) is 37.1 Å². The number of likely N-dealkylation sites (N-methyl/N-ethyl adjacent to an activating group) is 1. The summed E-state index contributed by atoms with van der Waals surface area (Å²) in [6.07, 6.45) is 3.83. The molecule has 5 heteroatoms. The Balaban J connectivity index is 1.67. The summed E-state index contributed by atoms with van der Waals surface area (Å²) < 4.78 is 1.28. The lowest BCUT2D eigenvalue weighted by atomic mass is 9.94. The Bertz CT molecular complexity index is 412. The summed E-state index contributed by atoms with van der Waals surface area (Å²) in [6.45, 7) is 4.60. The average molecular weight is 330 g/mol. The molecule has 1 aromatic rings. The van der Waals surface area contributed by atoms with Crippen LogP contribution in [-0.4, -0.2) is 43.1 Å². The zero-order valence-electron chi connectivity index (χ0n) is 10.8. The van der Waals surface area contributed by atoms with Gasteiger partial charge in [-0.15, -0.1) is 11.3 Å². The third-order valence-electron chi connectivity index (χ3n) is 3.93. The van der Waals surface area contributed by atoms with E-state index in [9.17, 15) is 0 Å². The smallest absolute Gasteiger partial charge is 0.0704 e. The van der Waals surface area contributed by atoms with Crippen molar-refractivity contribution in [2.45, 2.75) is 25.3 Å². The van der Waals surface area contributed by atoms with Gasteiger partial charge in [-0.2, -0.15) is 0 Å². The largest absolute Gasteiger partial charge is 0.304 e. The van der Waals surface area contributed by atoms with Gasteiger partial charge in [0.05, 0.1) is 3.79 Å². The molecule has 2 aliphatic rings. The Morgan fingerprint density at radius 2 is 2.11 bits per heavy atom. The van der Waals surface area contributed by atoms with Gasteiger partial charge in [0.2, 0.25) is 0 Å². The molecular formula is C13H20BrN3S. The van der Waals surface area contributed by atoms with Crippen LogP contribution in [0.25, 0.3) is 0 Å². The van der Waals surface area contributed by atoms with E-state index in [4.69, 9.17) is 0 Å². The van der Waals surface area contributed by atoms with Crippen LogP contribution in [-0.2, 0) is 6.42 Å². The van der Waals surface area contributed by atoms with E-state index >= 15 is 0 Å². The van der Waals surface area contributed by atoms with Crippen LogP contribution in [0.5, 0.6) is 0 Å². The highest BCUT2D eigenvalue weighted by molar-refractivity contribution is 9.11. The van der Waals surface area contributed by atoms with E-state index in [1.54, 1.807) is 4.88 Å². The highest BCUT2D eigenvalue weighted by Crippen LogP contribution is 2.38. The molecule has 100 valence electrons. The second-order valence-corrected chi connectivity index (χ2v) is 7.81. The number of hydrazine groups is 1. The third kappa shape index (κ3) is 2.80. The molecule has 0 amide bonds. The number of thiophene rings is 1. The molecule has 1 aromatic heterocycles. The number of nitrogens with zero attached hydrogens (tertiary/aromatic N) is 2. The van der Waals surface area contributed by atoms with Crippen LogP contribution in [0.15, 0.2) is 9.85 Å². The monoisotopic (exact) mass is 329 g/mol. The van der Waals surface area contributed by atoms with E-state index in [2.05, 4.69) is 44.4 Å². The Morgan fingerprint density at radius 1 is 1.33 bits per heavy atom. The van der Waals surface area contributed by atoms with Gasteiger partial charge < -0.3 is 4.90 Å². The normalized spacial score (nSPS) is 26.2. The third-order valence-corrected chi connectivity index (χ3v) is 5.64. The van der Waals surface area contributed by atoms with Gasteiger partial charge in [0.15, 0.2) is 0 Å². The zero-order valence-corrected chi connectivity index (χ0v) is 13.2. The van der Waals surface area contributed by atoms with Gasteiger partial charge in [0.1, 0.15) is 0 Å². The molecule has 0 bridgehead atoms. The van der Waals surface area contributed by atoms with Crippen LogP contribution in [0.2, 0.25) is 0 Å². The predicted molar refractivity (Wildman–Crippen MR) is 79.9 cm³/mol. The van der Waals surface area contributed by atoms with E-state index in [0.29, 0.717) is 6.04 Å². The van der Waals surface area contributed by atoms with Crippen molar-refractivity contribution < 1.29 is 0 Å². The molecule has 1 N–H and O–H groups in total. The maximum atomic E-state index is 3.74. The molecule has 0 aromatic carbocycles. The molecule has 1 atom stereocenters. The number of halogens is 1. The summed E-state index contributed by atoms with van der Waals surface area (Å²) in [5.41, 5.74) is 5.27. The highest BCUT2D eigenvalue weighted by Gasteiger charge is 2.25. The molecule has 1 saturated heterocycles. The number of hydrogen-bond donors (Lipinski definition) is 1. The van der Waals surface area contributed by atoms with E-state index < -0.39 is 0 Å². The topological polar surface area (TPSA) is 18.5 Å². The summed E-state index contributed by atoms with van der Waals surface area (Å²) in [7, 11) is 2.20. The fourth-order valence-corrected chi connectivity index (χ4v) is 4.63. The van der Waals surface area contributed by atoms with Gasteiger partial charge in [-0.25, -0.2) is 10.4 Å². The fourth-order valence-electron chi connectivity index (χ4n) is 2.81. The Morgan fingerprint density at radius 3 is 2.89 bits per heavy atom. The van der Waals surface area contributed by atoms with Crippen molar-refractivity contribution in [2.75, 3.05) is 33.2 Å². The van der Waals surface area contributed by atoms with Gasteiger partial charge in [-0.1, -0.05) is 0 Å². The highest BCUT2D eigenvalue weighted by atomic mass is 79.9. The predicted octanol–water partition coefficient (Wildman–Crippen LogP) is 2.64. The number of nitrogens with one attached hydrogen (secondary N) is 1. The van der Waals surface area contributed by atoms with Crippen molar-refractivity contribution in [2.24, 2.45) is 0 Å². The summed E-state index contributed by atoms with van der Waals surface area (Å²) in [5.74, 6) is 0. The van der Waals surface area contributed by atoms with Crippen molar-refractivity contribution in [1.82, 2.24) is 15.3 Å². The number of hydrogen-bond acceptors (Lipinski definition) is 4. The first-order valence-electron chi connectivity index (χ1n) is 6.70. The van der Waals surface area contributed by atoms with E-state index in [0.717, 1.165) is 13.1 Å². The summed E-state index contributed by atoms with van der Waals surface area (Å²) >= 11 is 5.53. The molecule has 1 unspecified atom stereocenters. The number of fused-ring (bicyclic) bond motifs is 1. The maximum absolute atomic E-state index is 3.74. The van der Waals surface area contributed by atoms with Gasteiger partial charge in [0.25, 0.3) is 0 Å². The minimum atomic E-state index is 0.528. The van der Waals surface area contributed by atoms with E-state index in [1.807, 2.05) is 11.3 Å². The first kappa shape index (κ1) is 13.1. The average Bonchev–Trinajstić information content (AvgIpc) is 2.73. The number of piperazine rings is 1. The molecule has 0 radical (unpaired) electrons. The zero-order chi connectivity index (χ0) is 12.5. The summed E-state index contributed by atoms with van der Waals surface area (Å²) in [4.78, 5) is 3.96. The van der Waals surface area contributed by atoms with Gasteiger partial charge >= 0.3 is 0 Å². The number of rotatable bonds is 2. The first-order valence-corrected chi connectivity index (χ1v) is 8.31. The SMILES string of the molecule is CN1CCN(NC2CCCc3sc(Br)cc32)CC1. The number of aryl methyl sites for hydroxylation is 1. The minimum absolute atomic E-state index is 0.528. The van der Waals surface area contributed by atoms with Crippen LogP contribution in [0.4, 0.5) is 0 Å². The van der Waals surface area contributed by atoms with Crippen LogP contribution in [0.1, 0.15) is 29.3 Å². The molecule has 1 aliphatic heterocycles. The molecule has 1 fully saturated rings. The Hall–Kier alpha value is 0.0600. The molecule has 0 spiro atoms. The molecular weight excluding hydrogens is 310 g/mol. The summed E-state index contributed by atoms with van der Waals surface area (Å²) in [6, 6.07) is 2.84. The van der Waals surface area contributed by atoms with Gasteiger partial charge in [-0.05, 0) is 53.9 Å². The van der Waals surface area contributed by atoms with Crippen molar-refractivity contribution >= 4 is 27.3 Å². The second kappa shape index (κ2) is 5.59. The maximum Gasteiger partial charge on any atom is 0.0704 e. The van der Waals surface area contributed by atoms with Crippen molar-refractivity contribution in [3.63, 3.8) is 0 Å². The standard InChI is InChI=1S/C13H20BrN3S/c1-16-5-7-17(8-6-16)15-11-3-2-4-12-10(11)9-13(14)18-12/h9,11,15H,2-8H2,1H3. The first-order chi connectivity index (χ1) is 8.72. The van der Waals surface area contributed by atoms with E-state index in [1.165, 1.54) is 41.7 Å². The lowest BCUT2D eigenvalue weighted by molar-refractivity contribution is 0.0830. The van der Waals surface area contributed by atoms with Crippen molar-refractivity contribution in [3.05, 3.63) is 20.3 Å².